The molecule has 1 fully saturated rings. The number of rotatable bonds is 6. The maximum Gasteiger partial charge on any atom is 0.125 e. The Balaban J connectivity index is 2.06. The molecule has 2 N–H and O–H groups in total. The number of benzene rings is 1. The summed E-state index contributed by atoms with van der Waals surface area (Å²) in [6, 6.07) is 6.02. The van der Waals surface area contributed by atoms with Crippen LogP contribution < -0.4 is 10.1 Å². The Kier molecular flexibility index (Phi) is 4.61. The van der Waals surface area contributed by atoms with E-state index in [1.54, 1.807) is 0 Å². The number of hydrogen-bond donors (Lipinski definition) is 2. The van der Waals surface area contributed by atoms with Crippen molar-refractivity contribution < 1.29 is 9.84 Å². The molecule has 1 aromatic rings. The Morgan fingerprint density at radius 3 is 2.83 bits per heavy atom. The summed E-state index contributed by atoms with van der Waals surface area (Å²) in [5, 5.41) is 13.1. The Morgan fingerprint density at radius 1 is 1.44 bits per heavy atom. The maximum absolute atomic E-state index is 10.1. The number of aryl methyl sites for hydroxylation is 1. The predicted octanol–water partition coefficient (Wildman–Crippen LogP) is 2.43. The molecule has 1 aliphatic carbocycles. The van der Waals surface area contributed by atoms with Crippen molar-refractivity contribution >= 4 is 0 Å². The van der Waals surface area contributed by atoms with E-state index in [-0.39, 0.29) is 0 Å². The fourth-order valence-electron chi connectivity index (χ4n) is 2.23. The molecule has 0 aliphatic heterocycles. The van der Waals surface area contributed by atoms with Crippen LogP contribution in [-0.4, -0.2) is 25.3 Å². The first-order valence-corrected chi connectivity index (χ1v) is 6.76. The zero-order chi connectivity index (χ0) is 13.0. The highest BCUT2D eigenvalue weighted by molar-refractivity contribution is 5.38. The van der Waals surface area contributed by atoms with Gasteiger partial charge in [-0.2, -0.15) is 0 Å². The van der Waals surface area contributed by atoms with Crippen molar-refractivity contribution in [1.82, 2.24) is 5.32 Å². The molecule has 3 heteroatoms. The molecule has 0 saturated heterocycles. The van der Waals surface area contributed by atoms with Gasteiger partial charge in [0.2, 0.25) is 0 Å². The molecule has 1 aliphatic rings. The topological polar surface area (TPSA) is 41.5 Å². The van der Waals surface area contributed by atoms with Gasteiger partial charge in [-0.3, -0.25) is 0 Å². The molecule has 0 bridgehead atoms. The van der Waals surface area contributed by atoms with Gasteiger partial charge in [-0.25, -0.2) is 0 Å². The van der Waals surface area contributed by atoms with Crippen molar-refractivity contribution in [1.29, 1.82) is 0 Å². The molecule has 18 heavy (non-hydrogen) atoms. The van der Waals surface area contributed by atoms with E-state index in [0.29, 0.717) is 12.5 Å². The van der Waals surface area contributed by atoms with Gasteiger partial charge in [0.1, 0.15) is 5.75 Å². The van der Waals surface area contributed by atoms with Crippen LogP contribution in [0, 0.1) is 12.8 Å². The van der Waals surface area contributed by atoms with Gasteiger partial charge in [0.05, 0.1) is 12.7 Å². The van der Waals surface area contributed by atoms with Crippen molar-refractivity contribution in [3.05, 3.63) is 29.3 Å². The minimum absolute atomic E-state index is 0.508. The lowest BCUT2D eigenvalue weighted by atomic mass is 9.86. The summed E-state index contributed by atoms with van der Waals surface area (Å²) in [4.78, 5) is 0. The van der Waals surface area contributed by atoms with E-state index in [9.17, 15) is 5.11 Å². The SMILES string of the molecule is CNCC(O)c1cc(C)ccc1OCC1CCC1. The third kappa shape index (κ3) is 3.24. The molecule has 0 heterocycles. The van der Waals surface area contributed by atoms with E-state index in [2.05, 4.69) is 5.32 Å². The van der Waals surface area contributed by atoms with Crippen LogP contribution in [0.15, 0.2) is 18.2 Å². The molecule has 0 amide bonds. The second kappa shape index (κ2) is 6.21. The zero-order valence-electron chi connectivity index (χ0n) is 11.3. The highest BCUT2D eigenvalue weighted by atomic mass is 16.5. The Labute approximate surface area is 109 Å². The lowest BCUT2D eigenvalue weighted by molar-refractivity contribution is 0.155. The Morgan fingerprint density at radius 2 is 2.22 bits per heavy atom. The van der Waals surface area contributed by atoms with Gasteiger partial charge in [0.15, 0.2) is 0 Å². The first-order chi connectivity index (χ1) is 8.70. The minimum atomic E-state index is -0.508. The largest absolute Gasteiger partial charge is 0.493 e. The first kappa shape index (κ1) is 13.4. The van der Waals surface area contributed by atoms with Crippen molar-refractivity contribution in [2.24, 2.45) is 5.92 Å². The number of ether oxygens (including phenoxy) is 1. The van der Waals surface area contributed by atoms with Crippen molar-refractivity contribution in [3.63, 3.8) is 0 Å². The van der Waals surface area contributed by atoms with Gasteiger partial charge < -0.3 is 15.2 Å². The third-order valence-electron chi connectivity index (χ3n) is 3.62. The van der Waals surface area contributed by atoms with Crippen molar-refractivity contribution in [2.75, 3.05) is 20.2 Å². The van der Waals surface area contributed by atoms with Crippen molar-refractivity contribution in [3.8, 4) is 5.75 Å². The highest BCUT2D eigenvalue weighted by Gasteiger charge is 2.19. The van der Waals surface area contributed by atoms with E-state index < -0.39 is 6.10 Å². The second-order valence-electron chi connectivity index (χ2n) is 5.22. The molecule has 2 rings (SSSR count). The lowest BCUT2D eigenvalue weighted by Crippen LogP contribution is -2.21. The summed E-state index contributed by atoms with van der Waals surface area (Å²) in [6.07, 6.45) is 3.38. The van der Waals surface area contributed by atoms with Crippen LogP contribution in [0.2, 0.25) is 0 Å². The monoisotopic (exact) mass is 249 g/mol. The summed E-state index contributed by atoms with van der Waals surface area (Å²) in [5.41, 5.74) is 2.04. The van der Waals surface area contributed by atoms with Gasteiger partial charge in [-0.1, -0.05) is 18.1 Å². The number of aliphatic hydroxyl groups is 1. The van der Waals surface area contributed by atoms with E-state index >= 15 is 0 Å². The lowest BCUT2D eigenvalue weighted by Gasteiger charge is -2.26. The smallest absolute Gasteiger partial charge is 0.125 e. The molecule has 0 spiro atoms. The molecule has 0 aromatic heterocycles. The van der Waals surface area contributed by atoms with Crippen LogP contribution in [0.4, 0.5) is 0 Å². The maximum atomic E-state index is 10.1. The van der Waals surface area contributed by atoms with E-state index in [4.69, 9.17) is 4.74 Å². The molecule has 1 unspecified atom stereocenters. The summed E-state index contributed by atoms with van der Waals surface area (Å²) in [5.74, 6) is 1.54. The fourth-order valence-corrected chi connectivity index (χ4v) is 2.23. The number of hydrogen-bond acceptors (Lipinski definition) is 3. The summed E-state index contributed by atoms with van der Waals surface area (Å²) in [6.45, 7) is 3.36. The van der Waals surface area contributed by atoms with Crippen LogP contribution >= 0.6 is 0 Å². The van der Waals surface area contributed by atoms with Gasteiger partial charge in [-0.15, -0.1) is 0 Å². The molecule has 0 radical (unpaired) electrons. The minimum Gasteiger partial charge on any atom is -0.493 e. The fraction of sp³-hybridized carbons (Fsp3) is 0.600. The van der Waals surface area contributed by atoms with Gasteiger partial charge in [0, 0.05) is 12.1 Å². The van der Waals surface area contributed by atoms with Crippen molar-refractivity contribution in [2.45, 2.75) is 32.3 Å². The standard InChI is InChI=1S/C15H23NO2/c1-11-6-7-15(18-10-12-4-3-5-12)13(8-11)14(17)9-16-2/h6-8,12,14,16-17H,3-5,9-10H2,1-2H3. The summed E-state index contributed by atoms with van der Waals surface area (Å²) >= 11 is 0. The van der Waals surface area contributed by atoms with Crippen LogP contribution in [0.3, 0.4) is 0 Å². The molecular weight excluding hydrogens is 226 g/mol. The highest BCUT2D eigenvalue weighted by Crippen LogP contribution is 2.30. The number of aliphatic hydroxyl groups excluding tert-OH is 1. The average molecular weight is 249 g/mol. The normalized spacial score (nSPS) is 17.3. The van der Waals surface area contributed by atoms with Gasteiger partial charge in [0.25, 0.3) is 0 Å². The molecule has 3 nitrogen and oxygen atoms in total. The van der Waals surface area contributed by atoms with Crippen LogP contribution in [0.25, 0.3) is 0 Å². The Bertz CT molecular complexity index is 388. The van der Waals surface area contributed by atoms with Crippen LogP contribution in [0.5, 0.6) is 5.75 Å². The molecular formula is C15H23NO2. The average Bonchev–Trinajstić information content (AvgIpc) is 2.29. The molecule has 1 atom stereocenters. The van der Waals surface area contributed by atoms with E-state index in [0.717, 1.165) is 23.5 Å². The third-order valence-corrected chi connectivity index (χ3v) is 3.62. The summed E-state index contributed by atoms with van der Waals surface area (Å²) < 4.78 is 5.88. The number of likely N-dealkylation sites (N-methyl/N-ethyl adjacent to an activating group) is 1. The van der Waals surface area contributed by atoms with Crippen LogP contribution in [-0.2, 0) is 0 Å². The van der Waals surface area contributed by atoms with E-state index in [1.165, 1.54) is 19.3 Å². The molecule has 1 saturated carbocycles. The second-order valence-corrected chi connectivity index (χ2v) is 5.22. The quantitative estimate of drug-likeness (QED) is 0.813. The van der Waals surface area contributed by atoms with Crippen LogP contribution in [0.1, 0.15) is 36.5 Å². The van der Waals surface area contributed by atoms with Gasteiger partial charge >= 0.3 is 0 Å². The zero-order valence-corrected chi connectivity index (χ0v) is 11.3. The summed E-state index contributed by atoms with van der Waals surface area (Å²) in [7, 11) is 1.84. The predicted molar refractivity (Wildman–Crippen MR) is 72.9 cm³/mol. The van der Waals surface area contributed by atoms with E-state index in [1.807, 2.05) is 32.2 Å². The molecule has 100 valence electrons. The Hall–Kier alpha value is -1.06. The number of nitrogens with one attached hydrogen (secondary N) is 1. The molecule has 1 aromatic carbocycles. The first-order valence-electron chi connectivity index (χ1n) is 6.76. The van der Waals surface area contributed by atoms with Gasteiger partial charge in [-0.05, 0) is 44.9 Å².